The van der Waals surface area contributed by atoms with E-state index in [4.69, 9.17) is 4.42 Å². The number of piperidine rings is 1. The summed E-state index contributed by atoms with van der Waals surface area (Å²) in [5.41, 5.74) is 2.14. The van der Waals surface area contributed by atoms with E-state index < -0.39 is 0 Å². The van der Waals surface area contributed by atoms with E-state index in [9.17, 15) is 9.59 Å². The van der Waals surface area contributed by atoms with E-state index in [0.717, 1.165) is 18.4 Å². The molecule has 0 aromatic carbocycles. The largest absolute Gasteiger partial charge is 0.448 e. The minimum absolute atomic E-state index is 0.0343. The summed E-state index contributed by atoms with van der Waals surface area (Å²) in [7, 11) is 1.85. The molecule has 6 nitrogen and oxygen atoms in total. The molecule has 1 fully saturated rings. The maximum absolute atomic E-state index is 12.9. The van der Waals surface area contributed by atoms with Crippen molar-refractivity contribution in [1.29, 1.82) is 0 Å². The number of hydrogen-bond acceptors (Lipinski definition) is 3. The predicted octanol–water partition coefficient (Wildman–Crippen LogP) is 2.91. The third-order valence-electron chi connectivity index (χ3n) is 4.43. The molecule has 7 heteroatoms. The molecule has 130 valence electrons. The molecule has 1 aliphatic rings. The van der Waals surface area contributed by atoms with Crippen LogP contribution in [-0.4, -0.2) is 40.4 Å². The fraction of sp³-hybridized carbons (Fsp3) is 0.529. The average molecular weight is 396 g/mol. The first-order valence-electron chi connectivity index (χ1n) is 8.21. The van der Waals surface area contributed by atoms with Gasteiger partial charge in [0.2, 0.25) is 5.91 Å². The van der Waals surface area contributed by atoms with Gasteiger partial charge >= 0.3 is 0 Å². The lowest BCUT2D eigenvalue weighted by molar-refractivity contribution is -0.126. The summed E-state index contributed by atoms with van der Waals surface area (Å²) in [6.45, 7) is 5.04. The van der Waals surface area contributed by atoms with Gasteiger partial charge in [-0.2, -0.15) is 0 Å². The number of rotatable bonds is 3. The van der Waals surface area contributed by atoms with Gasteiger partial charge in [-0.1, -0.05) is 0 Å². The standard InChI is InChI=1S/C17H22BrN3O3/c1-10(2)19-16(22)11-5-4-6-21(9-11)17(23)13-7-14-12(20(13)3)8-15(18)24-14/h7-8,10-11H,4-6,9H2,1-3H3,(H,19,22). The second kappa shape index (κ2) is 6.63. The topological polar surface area (TPSA) is 67.5 Å². The molecule has 3 rings (SSSR count). The number of likely N-dealkylation sites (tertiary alicyclic amines) is 1. The van der Waals surface area contributed by atoms with Gasteiger partial charge in [-0.15, -0.1) is 0 Å². The highest BCUT2D eigenvalue weighted by Gasteiger charge is 2.30. The fourth-order valence-electron chi connectivity index (χ4n) is 3.23. The monoisotopic (exact) mass is 395 g/mol. The molecule has 3 heterocycles. The molecule has 2 aromatic heterocycles. The molecule has 2 aromatic rings. The molecule has 1 unspecified atom stereocenters. The van der Waals surface area contributed by atoms with Crippen LogP contribution in [0.25, 0.3) is 11.1 Å². The molecule has 1 N–H and O–H groups in total. The van der Waals surface area contributed by atoms with Gasteiger partial charge in [0.15, 0.2) is 10.3 Å². The van der Waals surface area contributed by atoms with Crippen molar-refractivity contribution in [3.63, 3.8) is 0 Å². The number of furan rings is 1. The summed E-state index contributed by atoms with van der Waals surface area (Å²) < 4.78 is 8.01. The lowest BCUT2D eigenvalue weighted by Crippen LogP contribution is -2.47. The van der Waals surface area contributed by atoms with Gasteiger partial charge in [0, 0.05) is 38.3 Å². The summed E-state index contributed by atoms with van der Waals surface area (Å²) in [4.78, 5) is 26.9. The van der Waals surface area contributed by atoms with Crippen molar-refractivity contribution in [3.8, 4) is 0 Å². The Morgan fingerprint density at radius 2 is 2.12 bits per heavy atom. The molecule has 0 radical (unpaired) electrons. The number of nitrogens with one attached hydrogen (secondary N) is 1. The zero-order chi connectivity index (χ0) is 17.4. The fourth-order valence-corrected chi connectivity index (χ4v) is 3.62. The van der Waals surface area contributed by atoms with Gasteiger partial charge in [-0.05, 0) is 42.6 Å². The molecule has 2 amide bonds. The number of aromatic nitrogens is 1. The lowest BCUT2D eigenvalue weighted by atomic mass is 9.96. The average Bonchev–Trinajstić information content (AvgIpc) is 3.04. The Bertz CT molecular complexity index is 777. The first kappa shape index (κ1) is 17.1. The number of aryl methyl sites for hydroxylation is 1. The van der Waals surface area contributed by atoms with E-state index in [-0.39, 0.29) is 23.8 Å². The number of carbonyl (C=O) groups is 2. The van der Waals surface area contributed by atoms with Gasteiger partial charge in [0.25, 0.3) is 5.91 Å². The van der Waals surface area contributed by atoms with Crippen LogP contribution >= 0.6 is 15.9 Å². The SMILES string of the molecule is CC(C)NC(=O)C1CCCN(C(=O)c2cc3oc(Br)cc3n2C)C1. The highest BCUT2D eigenvalue weighted by Crippen LogP contribution is 2.27. The Morgan fingerprint density at radius 1 is 1.38 bits per heavy atom. The normalized spacial score (nSPS) is 18.4. The van der Waals surface area contributed by atoms with Crippen molar-refractivity contribution >= 4 is 38.8 Å². The third kappa shape index (κ3) is 3.22. The molecule has 1 atom stereocenters. The number of carbonyl (C=O) groups excluding carboxylic acids is 2. The maximum atomic E-state index is 12.9. The van der Waals surface area contributed by atoms with Crippen LogP contribution in [0.15, 0.2) is 21.2 Å². The van der Waals surface area contributed by atoms with E-state index in [1.165, 1.54) is 0 Å². The molecular formula is C17H22BrN3O3. The van der Waals surface area contributed by atoms with E-state index >= 15 is 0 Å². The minimum atomic E-state index is -0.137. The molecule has 1 saturated heterocycles. The van der Waals surface area contributed by atoms with Crippen LogP contribution in [0, 0.1) is 5.92 Å². The molecule has 0 saturated carbocycles. The van der Waals surface area contributed by atoms with Crippen LogP contribution in [0.5, 0.6) is 0 Å². The third-order valence-corrected chi connectivity index (χ3v) is 4.82. The molecule has 0 spiro atoms. The first-order valence-corrected chi connectivity index (χ1v) is 9.00. The second-order valence-corrected chi connectivity index (χ2v) is 7.42. The maximum Gasteiger partial charge on any atom is 0.270 e. The van der Waals surface area contributed by atoms with Crippen molar-refractivity contribution in [2.45, 2.75) is 32.7 Å². The number of hydrogen-bond donors (Lipinski definition) is 1. The molecule has 24 heavy (non-hydrogen) atoms. The van der Waals surface area contributed by atoms with Crippen molar-refractivity contribution in [2.24, 2.45) is 13.0 Å². The Balaban J connectivity index is 1.77. The number of nitrogens with zero attached hydrogens (tertiary/aromatic N) is 2. The molecular weight excluding hydrogens is 374 g/mol. The first-order chi connectivity index (χ1) is 11.4. The van der Waals surface area contributed by atoms with Gasteiger partial charge in [0.1, 0.15) is 5.69 Å². The Hall–Kier alpha value is -1.76. The van der Waals surface area contributed by atoms with Gasteiger partial charge in [-0.25, -0.2) is 0 Å². The van der Waals surface area contributed by atoms with Crippen LogP contribution in [0.1, 0.15) is 37.2 Å². The summed E-state index contributed by atoms with van der Waals surface area (Å²) >= 11 is 3.30. The quantitative estimate of drug-likeness (QED) is 0.868. The molecule has 0 aliphatic carbocycles. The van der Waals surface area contributed by atoms with E-state index in [1.807, 2.05) is 31.5 Å². The Labute approximate surface area is 149 Å². The van der Waals surface area contributed by atoms with Crippen LogP contribution in [0.4, 0.5) is 0 Å². The van der Waals surface area contributed by atoms with Crippen molar-refractivity contribution in [2.75, 3.05) is 13.1 Å². The second-order valence-electron chi connectivity index (χ2n) is 6.64. The van der Waals surface area contributed by atoms with Crippen molar-refractivity contribution in [1.82, 2.24) is 14.8 Å². The lowest BCUT2D eigenvalue weighted by Gasteiger charge is -2.32. The van der Waals surface area contributed by atoms with Gasteiger partial charge < -0.3 is 19.2 Å². The van der Waals surface area contributed by atoms with Crippen LogP contribution in [0.2, 0.25) is 0 Å². The van der Waals surface area contributed by atoms with E-state index in [0.29, 0.717) is 29.0 Å². The van der Waals surface area contributed by atoms with Crippen molar-refractivity contribution < 1.29 is 14.0 Å². The Morgan fingerprint density at radius 3 is 2.79 bits per heavy atom. The van der Waals surface area contributed by atoms with Gasteiger partial charge in [0.05, 0.1) is 11.4 Å². The van der Waals surface area contributed by atoms with E-state index in [1.54, 1.807) is 11.0 Å². The zero-order valence-corrected chi connectivity index (χ0v) is 15.7. The highest BCUT2D eigenvalue weighted by molar-refractivity contribution is 9.10. The molecule has 0 bridgehead atoms. The molecule has 1 aliphatic heterocycles. The summed E-state index contributed by atoms with van der Waals surface area (Å²) in [6, 6.07) is 3.73. The Kier molecular flexibility index (Phi) is 4.71. The smallest absolute Gasteiger partial charge is 0.270 e. The minimum Gasteiger partial charge on any atom is -0.448 e. The van der Waals surface area contributed by atoms with Crippen LogP contribution < -0.4 is 5.32 Å². The number of amides is 2. The summed E-state index contributed by atoms with van der Waals surface area (Å²) in [5.74, 6) is -0.156. The number of halogens is 1. The van der Waals surface area contributed by atoms with Crippen LogP contribution in [-0.2, 0) is 11.8 Å². The highest BCUT2D eigenvalue weighted by atomic mass is 79.9. The van der Waals surface area contributed by atoms with E-state index in [2.05, 4.69) is 21.2 Å². The number of fused-ring (bicyclic) bond motifs is 1. The van der Waals surface area contributed by atoms with Crippen LogP contribution in [0.3, 0.4) is 0 Å². The summed E-state index contributed by atoms with van der Waals surface area (Å²) in [5, 5.41) is 2.94. The predicted molar refractivity (Wildman–Crippen MR) is 94.8 cm³/mol. The summed E-state index contributed by atoms with van der Waals surface area (Å²) in [6.07, 6.45) is 1.67. The zero-order valence-electron chi connectivity index (χ0n) is 14.1. The van der Waals surface area contributed by atoms with Gasteiger partial charge in [-0.3, -0.25) is 9.59 Å². The van der Waals surface area contributed by atoms with Crippen molar-refractivity contribution in [3.05, 3.63) is 22.5 Å².